The van der Waals surface area contributed by atoms with Crippen LogP contribution in [0.3, 0.4) is 0 Å². The normalized spacial score (nSPS) is 16.4. The van der Waals surface area contributed by atoms with E-state index in [2.05, 4.69) is 89.6 Å². The van der Waals surface area contributed by atoms with Gasteiger partial charge >= 0.3 is 0 Å². The van der Waals surface area contributed by atoms with Gasteiger partial charge in [-0.1, -0.05) is 70.5 Å². The van der Waals surface area contributed by atoms with Gasteiger partial charge in [0, 0.05) is 10.4 Å². The number of halogens is 1. The molecule has 1 atom stereocenters. The maximum Gasteiger partial charge on any atom is 0.0281 e. The Morgan fingerprint density at radius 1 is 0.905 bits per heavy atom. The highest BCUT2D eigenvalue weighted by atomic mass is 79.9. The van der Waals surface area contributed by atoms with Crippen LogP contribution in [0.4, 0.5) is 0 Å². The fourth-order valence-electron chi connectivity index (χ4n) is 3.32. The number of rotatable bonds is 1. The van der Waals surface area contributed by atoms with Crippen LogP contribution < -0.4 is 0 Å². The Morgan fingerprint density at radius 3 is 2.62 bits per heavy atom. The Bertz CT molecular complexity index is 874. The molecule has 0 fully saturated rings. The molecule has 4 rings (SSSR count). The van der Waals surface area contributed by atoms with Crippen molar-refractivity contribution in [2.24, 2.45) is 0 Å². The molecule has 3 aromatic rings. The van der Waals surface area contributed by atoms with Crippen molar-refractivity contribution in [3.05, 3.63) is 87.4 Å². The molecule has 0 saturated heterocycles. The van der Waals surface area contributed by atoms with Gasteiger partial charge in [-0.3, -0.25) is 0 Å². The number of benzene rings is 3. The van der Waals surface area contributed by atoms with Gasteiger partial charge in [-0.15, -0.1) is 0 Å². The molecule has 0 nitrogen and oxygen atoms in total. The minimum Gasteiger partial charge on any atom is -0.0720 e. The average molecular weight is 335 g/mol. The van der Waals surface area contributed by atoms with E-state index in [-0.39, 0.29) is 0 Å². The summed E-state index contributed by atoms with van der Waals surface area (Å²) in [4.78, 5) is 0. The second-order valence-corrected chi connectivity index (χ2v) is 6.53. The van der Waals surface area contributed by atoms with Gasteiger partial charge in [-0.2, -0.15) is 0 Å². The Labute approximate surface area is 133 Å². The van der Waals surface area contributed by atoms with E-state index in [1.54, 1.807) is 0 Å². The highest BCUT2D eigenvalue weighted by Crippen LogP contribution is 2.38. The Hall–Kier alpha value is -1.86. The number of hydrogen-bond donors (Lipinski definition) is 0. The SMILES string of the molecule is Cc1c(C2C=Cc3ccccc32)ccc2ccc(Br)cc12. The zero-order valence-electron chi connectivity index (χ0n) is 11.8. The molecule has 1 heteroatoms. The lowest BCUT2D eigenvalue weighted by Gasteiger charge is -2.16. The molecule has 0 spiro atoms. The third-order valence-electron chi connectivity index (χ3n) is 4.43. The van der Waals surface area contributed by atoms with Gasteiger partial charge in [0.1, 0.15) is 0 Å². The van der Waals surface area contributed by atoms with Gasteiger partial charge in [0.15, 0.2) is 0 Å². The summed E-state index contributed by atoms with van der Waals surface area (Å²) in [7, 11) is 0. The summed E-state index contributed by atoms with van der Waals surface area (Å²) in [6.45, 7) is 2.24. The molecule has 0 N–H and O–H groups in total. The molecule has 102 valence electrons. The van der Waals surface area contributed by atoms with Crippen LogP contribution in [0.5, 0.6) is 0 Å². The van der Waals surface area contributed by atoms with Crippen molar-refractivity contribution >= 4 is 32.8 Å². The summed E-state index contributed by atoms with van der Waals surface area (Å²) < 4.78 is 1.14. The lowest BCUT2D eigenvalue weighted by atomic mass is 9.88. The molecule has 0 heterocycles. The molecular formula is C20H15Br. The molecule has 1 unspecified atom stereocenters. The first-order valence-electron chi connectivity index (χ1n) is 7.20. The lowest BCUT2D eigenvalue weighted by molar-refractivity contribution is 1.04. The van der Waals surface area contributed by atoms with Gasteiger partial charge in [-0.25, -0.2) is 0 Å². The van der Waals surface area contributed by atoms with Crippen molar-refractivity contribution in [1.29, 1.82) is 0 Å². The van der Waals surface area contributed by atoms with E-state index in [1.165, 1.54) is 33.0 Å². The molecule has 0 aliphatic heterocycles. The first-order chi connectivity index (χ1) is 10.2. The van der Waals surface area contributed by atoms with Crippen LogP contribution in [-0.2, 0) is 0 Å². The van der Waals surface area contributed by atoms with Crippen molar-refractivity contribution in [2.45, 2.75) is 12.8 Å². The highest BCUT2D eigenvalue weighted by Gasteiger charge is 2.20. The van der Waals surface area contributed by atoms with E-state index in [0.29, 0.717) is 5.92 Å². The fraction of sp³-hybridized carbons (Fsp3) is 0.100. The molecule has 1 aliphatic rings. The highest BCUT2D eigenvalue weighted by molar-refractivity contribution is 9.10. The summed E-state index contributed by atoms with van der Waals surface area (Å²) >= 11 is 3.59. The van der Waals surface area contributed by atoms with E-state index >= 15 is 0 Å². The second kappa shape index (κ2) is 4.85. The molecule has 0 bridgehead atoms. The van der Waals surface area contributed by atoms with Crippen molar-refractivity contribution in [3.63, 3.8) is 0 Å². The molecular weight excluding hydrogens is 320 g/mol. The topological polar surface area (TPSA) is 0 Å². The standard InChI is InChI=1S/C20H15Br/c1-13-17(10-7-15-6-9-16(21)12-20(13)15)19-11-8-14-4-2-3-5-18(14)19/h2-12,19H,1H3. The number of aryl methyl sites for hydroxylation is 1. The molecule has 1 aliphatic carbocycles. The van der Waals surface area contributed by atoms with Crippen molar-refractivity contribution in [1.82, 2.24) is 0 Å². The summed E-state index contributed by atoms with van der Waals surface area (Å²) in [6, 6.07) is 19.7. The summed E-state index contributed by atoms with van der Waals surface area (Å²) in [5, 5.41) is 2.63. The fourth-order valence-corrected chi connectivity index (χ4v) is 3.68. The Kier molecular flexibility index (Phi) is 2.97. The molecule has 21 heavy (non-hydrogen) atoms. The van der Waals surface area contributed by atoms with Crippen molar-refractivity contribution < 1.29 is 0 Å². The van der Waals surface area contributed by atoms with E-state index < -0.39 is 0 Å². The van der Waals surface area contributed by atoms with Crippen molar-refractivity contribution in [2.75, 3.05) is 0 Å². The van der Waals surface area contributed by atoms with Crippen LogP contribution in [0, 0.1) is 6.92 Å². The van der Waals surface area contributed by atoms with Crippen molar-refractivity contribution in [3.8, 4) is 0 Å². The van der Waals surface area contributed by atoms with Crippen LogP contribution in [0.2, 0.25) is 0 Å². The number of allylic oxidation sites excluding steroid dienone is 1. The minimum atomic E-state index is 0.379. The number of fused-ring (bicyclic) bond motifs is 2. The first-order valence-corrected chi connectivity index (χ1v) is 7.99. The molecule has 3 aromatic carbocycles. The summed E-state index contributed by atoms with van der Waals surface area (Å²) in [6.07, 6.45) is 4.56. The lowest BCUT2D eigenvalue weighted by Crippen LogP contribution is -1.99. The van der Waals surface area contributed by atoms with Gasteiger partial charge in [0.05, 0.1) is 0 Å². The largest absolute Gasteiger partial charge is 0.0720 e. The zero-order valence-corrected chi connectivity index (χ0v) is 13.4. The van der Waals surface area contributed by atoms with Crippen LogP contribution in [0.1, 0.15) is 28.2 Å². The van der Waals surface area contributed by atoms with Crippen LogP contribution in [-0.4, -0.2) is 0 Å². The molecule has 0 aromatic heterocycles. The Balaban J connectivity index is 1.93. The molecule has 0 saturated carbocycles. The second-order valence-electron chi connectivity index (χ2n) is 5.61. The summed E-state index contributed by atoms with van der Waals surface area (Å²) in [5.41, 5.74) is 5.54. The predicted molar refractivity (Wildman–Crippen MR) is 93.7 cm³/mol. The monoisotopic (exact) mass is 334 g/mol. The van der Waals surface area contributed by atoms with Crippen LogP contribution >= 0.6 is 15.9 Å². The maximum absolute atomic E-state index is 3.59. The predicted octanol–water partition coefficient (Wildman–Crippen LogP) is 6.07. The Morgan fingerprint density at radius 2 is 1.71 bits per heavy atom. The zero-order chi connectivity index (χ0) is 14.4. The first kappa shape index (κ1) is 12.8. The van der Waals surface area contributed by atoms with Gasteiger partial charge in [-0.05, 0) is 52.1 Å². The van der Waals surface area contributed by atoms with Crippen LogP contribution in [0.15, 0.2) is 65.1 Å². The van der Waals surface area contributed by atoms with E-state index in [1.807, 2.05) is 0 Å². The minimum absolute atomic E-state index is 0.379. The van der Waals surface area contributed by atoms with E-state index in [4.69, 9.17) is 0 Å². The molecule has 0 radical (unpaired) electrons. The average Bonchev–Trinajstić information content (AvgIpc) is 2.92. The maximum atomic E-state index is 3.59. The smallest absolute Gasteiger partial charge is 0.0281 e. The van der Waals surface area contributed by atoms with Gasteiger partial charge in [0.2, 0.25) is 0 Å². The van der Waals surface area contributed by atoms with E-state index in [9.17, 15) is 0 Å². The third-order valence-corrected chi connectivity index (χ3v) is 4.92. The van der Waals surface area contributed by atoms with E-state index in [0.717, 1.165) is 4.47 Å². The molecule has 0 amide bonds. The van der Waals surface area contributed by atoms with Gasteiger partial charge in [0.25, 0.3) is 0 Å². The quantitative estimate of drug-likeness (QED) is 0.506. The van der Waals surface area contributed by atoms with Gasteiger partial charge < -0.3 is 0 Å². The number of hydrogen-bond acceptors (Lipinski definition) is 0. The summed E-state index contributed by atoms with van der Waals surface area (Å²) in [5.74, 6) is 0.379. The third kappa shape index (κ3) is 2.04. The van der Waals surface area contributed by atoms with Crippen LogP contribution in [0.25, 0.3) is 16.8 Å².